The van der Waals surface area contributed by atoms with Gasteiger partial charge in [0.05, 0.1) is 12.7 Å². The first kappa shape index (κ1) is 18.5. The van der Waals surface area contributed by atoms with E-state index in [-0.39, 0.29) is 24.4 Å². The zero-order chi connectivity index (χ0) is 16.1. The summed E-state index contributed by atoms with van der Waals surface area (Å²) < 4.78 is 5.82. The Balaban J connectivity index is 0.00000208. The Morgan fingerprint density at radius 3 is 2.46 bits per heavy atom. The second kappa shape index (κ2) is 8.83. The van der Waals surface area contributed by atoms with Gasteiger partial charge in [0, 0.05) is 31.6 Å². The van der Waals surface area contributed by atoms with Crippen LogP contribution >= 0.6 is 12.4 Å². The van der Waals surface area contributed by atoms with E-state index in [0.717, 1.165) is 12.0 Å². The number of nitrogens with two attached hydrogens (primary N) is 1. The van der Waals surface area contributed by atoms with Crippen LogP contribution in [0.3, 0.4) is 0 Å². The molecule has 2 aromatic carbocycles. The van der Waals surface area contributed by atoms with E-state index in [1.165, 1.54) is 5.56 Å². The fourth-order valence-electron chi connectivity index (χ4n) is 2.87. The lowest BCUT2D eigenvalue weighted by molar-refractivity contribution is -0.0208. The van der Waals surface area contributed by atoms with Gasteiger partial charge in [0.15, 0.2) is 0 Å². The summed E-state index contributed by atoms with van der Waals surface area (Å²) in [6.45, 7) is 2.35. The quantitative estimate of drug-likeness (QED) is 0.926. The van der Waals surface area contributed by atoms with E-state index >= 15 is 0 Å². The highest BCUT2D eigenvalue weighted by Crippen LogP contribution is 2.15. The molecular formula is C19H23ClN2O2. The number of carbonyl (C=O) groups is 1. The molecule has 1 amide bonds. The third-order valence-corrected chi connectivity index (χ3v) is 4.17. The van der Waals surface area contributed by atoms with Crippen LogP contribution in [0.4, 0.5) is 0 Å². The highest BCUT2D eigenvalue weighted by atomic mass is 35.5. The fraction of sp³-hybridized carbons (Fsp3) is 0.316. The van der Waals surface area contributed by atoms with E-state index in [9.17, 15) is 4.79 Å². The average Bonchev–Trinajstić information content (AvgIpc) is 2.62. The predicted molar refractivity (Wildman–Crippen MR) is 97.4 cm³/mol. The minimum absolute atomic E-state index is 0. The van der Waals surface area contributed by atoms with Crippen LogP contribution in [0.15, 0.2) is 54.6 Å². The van der Waals surface area contributed by atoms with Gasteiger partial charge in [-0.05, 0) is 23.3 Å². The Labute approximate surface area is 149 Å². The molecule has 1 unspecified atom stereocenters. The maximum absolute atomic E-state index is 12.6. The number of hydrogen-bond donors (Lipinski definition) is 1. The summed E-state index contributed by atoms with van der Waals surface area (Å²) in [5, 5.41) is 0. The number of rotatable bonds is 4. The Kier molecular flexibility index (Phi) is 6.79. The summed E-state index contributed by atoms with van der Waals surface area (Å²) >= 11 is 0. The van der Waals surface area contributed by atoms with Crippen LogP contribution < -0.4 is 5.73 Å². The van der Waals surface area contributed by atoms with Crippen LogP contribution in [0.25, 0.3) is 0 Å². The van der Waals surface area contributed by atoms with Crippen LogP contribution in [-0.2, 0) is 17.7 Å². The van der Waals surface area contributed by atoms with Gasteiger partial charge in [-0.3, -0.25) is 4.79 Å². The van der Waals surface area contributed by atoms with E-state index in [1.54, 1.807) is 0 Å². The first-order valence-electron chi connectivity index (χ1n) is 8.00. The van der Waals surface area contributed by atoms with Crippen molar-refractivity contribution in [3.63, 3.8) is 0 Å². The van der Waals surface area contributed by atoms with Crippen molar-refractivity contribution in [2.45, 2.75) is 19.1 Å². The molecule has 3 rings (SSSR count). The fourth-order valence-corrected chi connectivity index (χ4v) is 2.87. The highest BCUT2D eigenvalue weighted by molar-refractivity contribution is 5.94. The Hall–Kier alpha value is -1.88. The van der Waals surface area contributed by atoms with E-state index in [2.05, 4.69) is 12.1 Å². The molecule has 0 saturated carbocycles. The number of benzene rings is 2. The molecule has 5 heteroatoms. The van der Waals surface area contributed by atoms with E-state index < -0.39 is 0 Å². The summed E-state index contributed by atoms with van der Waals surface area (Å²) in [4.78, 5) is 14.5. The van der Waals surface area contributed by atoms with Crippen LogP contribution in [-0.4, -0.2) is 36.6 Å². The first-order chi connectivity index (χ1) is 11.3. The van der Waals surface area contributed by atoms with Crippen LogP contribution in [0.1, 0.15) is 21.5 Å². The van der Waals surface area contributed by atoms with Gasteiger partial charge in [-0.25, -0.2) is 0 Å². The van der Waals surface area contributed by atoms with Gasteiger partial charge < -0.3 is 15.4 Å². The van der Waals surface area contributed by atoms with Gasteiger partial charge in [0.2, 0.25) is 0 Å². The van der Waals surface area contributed by atoms with Gasteiger partial charge in [-0.15, -0.1) is 12.4 Å². The maximum atomic E-state index is 12.6. The summed E-state index contributed by atoms with van der Waals surface area (Å²) in [6, 6.07) is 17.8. The van der Waals surface area contributed by atoms with E-state index in [4.69, 9.17) is 10.5 Å². The van der Waals surface area contributed by atoms with Crippen molar-refractivity contribution < 1.29 is 9.53 Å². The Morgan fingerprint density at radius 1 is 1.08 bits per heavy atom. The van der Waals surface area contributed by atoms with Crippen LogP contribution in [0.5, 0.6) is 0 Å². The third-order valence-electron chi connectivity index (χ3n) is 4.17. The topological polar surface area (TPSA) is 55.6 Å². The molecular weight excluding hydrogens is 324 g/mol. The van der Waals surface area contributed by atoms with Gasteiger partial charge in [0.1, 0.15) is 0 Å². The van der Waals surface area contributed by atoms with Gasteiger partial charge in [-0.1, -0.05) is 42.5 Å². The normalized spacial score (nSPS) is 17.2. The molecule has 1 aliphatic rings. The molecule has 24 heavy (non-hydrogen) atoms. The molecule has 2 N–H and O–H groups in total. The second-order valence-electron chi connectivity index (χ2n) is 5.83. The molecule has 128 valence electrons. The molecule has 0 radical (unpaired) electrons. The molecule has 0 spiro atoms. The lowest BCUT2D eigenvalue weighted by Gasteiger charge is -2.33. The number of hydrogen-bond acceptors (Lipinski definition) is 3. The second-order valence-corrected chi connectivity index (χ2v) is 5.83. The minimum atomic E-state index is 0. The average molecular weight is 347 g/mol. The zero-order valence-corrected chi connectivity index (χ0v) is 14.4. The largest absolute Gasteiger partial charge is 0.374 e. The molecule has 1 atom stereocenters. The molecule has 0 bridgehead atoms. The van der Waals surface area contributed by atoms with Crippen LogP contribution in [0, 0.1) is 0 Å². The lowest BCUT2D eigenvalue weighted by Crippen LogP contribution is -2.46. The van der Waals surface area contributed by atoms with E-state index in [0.29, 0.717) is 31.8 Å². The SMILES string of the molecule is Cl.NCc1ccc(C(=O)N2CCOC(Cc3ccccc3)C2)cc1. The standard InChI is InChI=1S/C19H22N2O2.ClH/c20-13-16-6-8-17(9-7-16)19(22)21-10-11-23-18(14-21)12-15-4-2-1-3-5-15;/h1-9,18H,10-14,20H2;1H. The minimum Gasteiger partial charge on any atom is -0.374 e. The van der Waals surface area contributed by atoms with Gasteiger partial charge in [-0.2, -0.15) is 0 Å². The Bertz CT molecular complexity index is 646. The van der Waals surface area contributed by atoms with Crippen molar-refractivity contribution in [1.29, 1.82) is 0 Å². The number of nitrogens with zero attached hydrogens (tertiary/aromatic N) is 1. The monoisotopic (exact) mass is 346 g/mol. The number of carbonyl (C=O) groups excluding carboxylic acids is 1. The molecule has 0 aliphatic carbocycles. The highest BCUT2D eigenvalue weighted by Gasteiger charge is 2.25. The summed E-state index contributed by atoms with van der Waals surface area (Å²) in [5.41, 5.74) is 8.58. The van der Waals surface area contributed by atoms with Crippen molar-refractivity contribution in [2.75, 3.05) is 19.7 Å². The van der Waals surface area contributed by atoms with Crippen molar-refractivity contribution in [3.8, 4) is 0 Å². The summed E-state index contributed by atoms with van der Waals surface area (Å²) in [7, 11) is 0. The van der Waals surface area contributed by atoms with Crippen LogP contribution in [0.2, 0.25) is 0 Å². The Morgan fingerprint density at radius 2 is 1.79 bits per heavy atom. The van der Waals surface area contributed by atoms with Crippen molar-refractivity contribution in [2.24, 2.45) is 5.73 Å². The number of ether oxygens (including phenoxy) is 1. The number of amides is 1. The molecule has 1 aliphatic heterocycles. The number of morpholine rings is 1. The molecule has 2 aromatic rings. The van der Waals surface area contributed by atoms with Gasteiger partial charge >= 0.3 is 0 Å². The number of halogens is 1. The van der Waals surface area contributed by atoms with Gasteiger partial charge in [0.25, 0.3) is 5.91 Å². The molecule has 1 heterocycles. The lowest BCUT2D eigenvalue weighted by atomic mass is 10.1. The summed E-state index contributed by atoms with van der Waals surface area (Å²) in [5.74, 6) is 0.0648. The van der Waals surface area contributed by atoms with Crippen molar-refractivity contribution in [3.05, 3.63) is 71.3 Å². The maximum Gasteiger partial charge on any atom is 0.254 e. The molecule has 1 fully saturated rings. The predicted octanol–water partition coefficient (Wildman–Crippen LogP) is 2.65. The smallest absolute Gasteiger partial charge is 0.254 e. The van der Waals surface area contributed by atoms with E-state index in [1.807, 2.05) is 47.4 Å². The molecule has 1 saturated heterocycles. The summed E-state index contributed by atoms with van der Waals surface area (Å²) in [6.07, 6.45) is 0.884. The zero-order valence-electron chi connectivity index (χ0n) is 13.6. The molecule has 4 nitrogen and oxygen atoms in total. The first-order valence-corrected chi connectivity index (χ1v) is 8.00. The third kappa shape index (κ3) is 4.57. The van der Waals surface area contributed by atoms with Crippen molar-refractivity contribution in [1.82, 2.24) is 4.90 Å². The van der Waals surface area contributed by atoms with Crippen molar-refractivity contribution >= 4 is 18.3 Å². The molecule has 0 aromatic heterocycles.